The smallest absolute Gasteiger partial charge is 0.245 e. The van der Waals surface area contributed by atoms with Crippen LogP contribution < -0.4 is 5.32 Å². The van der Waals surface area contributed by atoms with Gasteiger partial charge in [0.15, 0.2) is 0 Å². The molecule has 4 aromatic carbocycles. The van der Waals surface area contributed by atoms with Crippen LogP contribution in [-0.2, 0) is 14.3 Å². The van der Waals surface area contributed by atoms with Gasteiger partial charge in [-0.25, -0.2) is 9.97 Å². The average Bonchev–Trinajstić information content (AvgIpc) is 4.05. The number of carbonyl (C=O) groups is 2. The van der Waals surface area contributed by atoms with Crippen molar-refractivity contribution in [3.8, 4) is 22.4 Å². The second-order valence-corrected chi connectivity index (χ2v) is 15.9. The molecule has 5 unspecified atom stereocenters. The van der Waals surface area contributed by atoms with Crippen LogP contribution in [0, 0.1) is 5.92 Å². The molecule has 296 valence electrons. The number of imidazole rings is 2. The largest absolute Gasteiger partial charge is 0.356 e. The third-order valence-electron chi connectivity index (χ3n) is 11.6. The zero-order chi connectivity index (χ0) is 39.8. The van der Waals surface area contributed by atoms with Gasteiger partial charge in [-0.15, -0.1) is 0 Å². The van der Waals surface area contributed by atoms with Crippen molar-refractivity contribution < 1.29 is 19.4 Å². The maximum absolute atomic E-state index is 14.0. The summed E-state index contributed by atoms with van der Waals surface area (Å²) in [5, 5.41) is 15.2. The number of aromatic nitrogens is 4. The number of nitrogens with one attached hydrogen (secondary N) is 3. The number of aliphatic hydroxyl groups is 1. The van der Waals surface area contributed by atoms with Gasteiger partial charge in [0.25, 0.3) is 0 Å². The van der Waals surface area contributed by atoms with Gasteiger partial charge in [-0.2, -0.15) is 0 Å². The van der Waals surface area contributed by atoms with E-state index >= 15 is 0 Å². The first-order valence-corrected chi connectivity index (χ1v) is 20.0. The molecule has 0 spiro atoms. The molecule has 2 aromatic heterocycles. The van der Waals surface area contributed by atoms with E-state index in [1.54, 1.807) is 0 Å². The van der Waals surface area contributed by atoms with Crippen LogP contribution in [0.4, 0.5) is 0 Å². The van der Waals surface area contributed by atoms with Crippen LogP contribution in [0.15, 0.2) is 91.1 Å². The number of aromatic amines is 2. The van der Waals surface area contributed by atoms with Crippen molar-refractivity contribution in [2.24, 2.45) is 5.92 Å². The van der Waals surface area contributed by atoms with E-state index in [2.05, 4.69) is 69.9 Å². The van der Waals surface area contributed by atoms with Crippen LogP contribution in [0.1, 0.15) is 74.9 Å². The molecule has 6 aromatic rings. The Labute approximate surface area is 333 Å². The van der Waals surface area contributed by atoms with Crippen molar-refractivity contribution >= 4 is 33.6 Å². The van der Waals surface area contributed by atoms with E-state index in [1.807, 2.05) is 79.2 Å². The zero-order valence-corrected chi connectivity index (χ0v) is 33.3. The molecule has 12 heteroatoms. The molecule has 0 aliphatic carbocycles. The van der Waals surface area contributed by atoms with Gasteiger partial charge in [0.05, 0.1) is 41.0 Å². The first-order chi connectivity index (χ1) is 27.6. The predicted octanol–water partition coefficient (Wildman–Crippen LogP) is 6.94. The number of fused-ring (bicyclic) bond motifs is 2. The van der Waals surface area contributed by atoms with E-state index in [9.17, 15) is 14.7 Å². The maximum atomic E-state index is 14.0. The van der Waals surface area contributed by atoms with Crippen LogP contribution in [-0.4, -0.2) is 98.3 Å². The molecule has 5 atom stereocenters. The van der Waals surface area contributed by atoms with Crippen LogP contribution in [0.2, 0.25) is 0 Å². The lowest BCUT2D eigenvalue weighted by atomic mass is 9.99. The molecule has 4 N–H and O–H groups in total. The number of amides is 2. The van der Waals surface area contributed by atoms with Crippen molar-refractivity contribution in [2.45, 2.75) is 70.1 Å². The summed E-state index contributed by atoms with van der Waals surface area (Å²) < 4.78 is 4.97. The molecular formula is C45H52N8O4. The van der Waals surface area contributed by atoms with Gasteiger partial charge in [0.2, 0.25) is 18.2 Å². The minimum Gasteiger partial charge on any atom is -0.356 e. The number of benzene rings is 4. The van der Waals surface area contributed by atoms with Gasteiger partial charge in [-0.05, 0) is 97.4 Å². The average molecular weight is 769 g/mol. The summed E-state index contributed by atoms with van der Waals surface area (Å²) in [7, 11) is 5.32. The number of rotatable bonds is 12. The molecule has 57 heavy (non-hydrogen) atoms. The number of ether oxygens (including phenoxy) is 1. The molecule has 0 bridgehead atoms. The molecule has 2 amide bonds. The van der Waals surface area contributed by atoms with Crippen LogP contribution in [0.5, 0.6) is 0 Å². The number of hydrogen-bond acceptors (Lipinski definition) is 8. The maximum Gasteiger partial charge on any atom is 0.245 e. The summed E-state index contributed by atoms with van der Waals surface area (Å²) in [6.07, 6.45) is 4.13. The lowest BCUT2D eigenvalue weighted by molar-refractivity contribution is -0.145. The van der Waals surface area contributed by atoms with Crippen molar-refractivity contribution in [3.05, 3.63) is 108 Å². The van der Waals surface area contributed by atoms with Gasteiger partial charge in [-0.3, -0.25) is 19.8 Å². The number of methoxy groups -OCH3 is 1. The quantitative estimate of drug-likeness (QED) is 0.0982. The fourth-order valence-electron chi connectivity index (χ4n) is 8.64. The third-order valence-corrected chi connectivity index (χ3v) is 11.6. The summed E-state index contributed by atoms with van der Waals surface area (Å²) in [6, 6.07) is 28.0. The number of aliphatic hydroxyl groups excluding tert-OH is 1. The minimum atomic E-state index is -1.22. The molecule has 0 radical (unpaired) electrons. The highest BCUT2D eigenvalue weighted by Crippen LogP contribution is 2.37. The summed E-state index contributed by atoms with van der Waals surface area (Å²) in [4.78, 5) is 50.3. The molecule has 2 fully saturated rings. The number of carbonyl (C=O) groups excluding carboxylic acids is 2. The summed E-state index contributed by atoms with van der Waals surface area (Å²) in [5.41, 5.74) is 6.92. The fraction of sp³-hybridized carbons (Fsp3) is 0.378. The number of H-pyrrole nitrogens is 2. The van der Waals surface area contributed by atoms with Crippen molar-refractivity contribution in [1.82, 2.24) is 40.0 Å². The van der Waals surface area contributed by atoms with Gasteiger partial charge >= 0.3 is 0 Å². The third kappa shape index (κ3) is 7.70. The number of hydrogen-bond donors (Lipinski definition) is 4. The Morgan fingerprint density at radius 2 is 1.46 bits per heavy atom. The summed E-state index contributed by atoms with van der Waals surface area (Å²) >= 11 is 0. The zero-order valence-electron chi connectivity index (χ0n) is 33.3. The summed E-state index contributed by atoms with van der Waals surface area (Å²) in [5.74, 6) is 1.58. The Hall–Kier alpha value is -5.40. The Morgan fingerprint density at radius 3 is 2.14 bits per heavy atom. The Balaban J connectivity index is 0.988. The van der Waals surface area contributed by atoms with Gasteiger partial charge in [-0.1, -0.05) is 74.5 Å². The van der Waals surface area contributed by atoms with Crippen molar-refractivity contribution in [1.29, 1.82) is 0 Å². The standard InChI is InChI=1S/C45H52N8O4/c1-27(2)39(50-45(56)57-5)43(54)52-21-9-13-37(52)41-46-26-36(49-41)33-18-17-29-23-30(15-16-31(29)24-33)32-19-20-34-35(25-32)48-42(47-34)38-14-10-22-53(38)44(55)40(51(3)4)28-11-7-6-8-12-28/h6-8,11-12,15-20,23-27,37-40,45,50,56H,9-10,13-14,21-22H2,1-5H3,(H,46,49)(H,47,48). The fourth-order valence-corrected chi connectivity index (χ4v) is 8.64. The first kappa shape index (κ1) is 38.5. The number of likely N-dealkylation sites (N-methyl/N-ethyl adjacent to an activating group) is 1. The molecule has 2 aliphatic heterocycles. The highest BCUT2D eigenvalue weighted by atomic mass is 16.6. The Morgan fingerprint density at radius 1 is 0.825 bits per heavy atom. The minimum absolute atomic E-state index is 0.0384. The number of nitrogens with zero attached hydrogens (tertiary/aromatic N) is 5. The van der Waals surface area contributed by atoms with E-state index in [1.165, 1.54) is 7.11 Å². The highest BCUT2D eigenvalue weighted by Gasteiger charge is 2.38. The second kappa shape index (κ2) is 16.2. The molecule has 2 saturated heterocycles. The van der Waals surface area contributed by atoms with Crippen LogP contribution >= 0.6 is 0 Å². The van der Waals surface area contributed by atoms with E-state index in [0.29, 0.717) is 13.1 Å². The molecule has 0 saturated carbocycles. The van der Waals surface area contributed by atoms with Gasteiger partial charge < -0.3 is 29.6 Å². The van der Waals surface area contributed by atoms with Gasteiger partial charge in [0.1, 0.15) is 17.7 Å². The normalized spacial score (nSPS) is 18.9. The lowest BCUT2D eigenvalue weighted by Gasteiger charge is -2.31. The second-order valence-electron chi connectivity index (χ2n) is 15.9. The van der Waals surface area contributed by atoms with Gasteiger partial charge in [0, 0.05) is 25.8 Å². The number of likely N-dealkylation sites (tertiary alicyclic amines) is 2. The van der Waals surface area contributed by atoms with E-state index in [0.717, 1.165) is 87.1 Å². The molecule has 2 aliphatic rings. The van der Waals surface area contributed by atoms with E-state index in [-0.39, 0.29) is 35.9 Å². The van der Waals surface area contributed by atoms with Crippen LogP contribution in [0.25, 0.3) is 44.2 Å². The van der Waals surface area contributed by atoms with Crippen molar-refractivity contribution in [2.75, 3.05) is 34.3 Å². The molecular weight excluding hydrogens is 717 g/mol. The Bertz CT molecular complexity index is 2370. The lowest BCUT2D eigenvalue weighted by Crippen LogP contribution is -2.52. The monoisotopic (exact) mass is 768 g/mol. The van der Waals surface area contributed by atoms with E-state index in [4.69, 9.17) is 14.7 Å². The van der Waals surface area contributed by atoms with E-state index < -0.39 is 12.5 Å². The SMILES string of the molecule is COC(O)NC(C(=O)N1CCCC1c1ncc(-c2ccc3cc(-c4ccc5nc(C6CCCN6C(=O)C(c6ccccc6)N(C)C)[nH]c5c4)ccc3c2)[nH]1)C(C)C. The highest BCUT2D eigenvalue weighted by molar-refractivity contribution is 5.92. The molecule has 8 rings (SSSR count). The predicted molar refractivity (Wildman–Crippen MR) is 222 cm³/mol. The van der Waals surface area contributed by atoms with Crippen LogP contribution in [0.3, 0.4) is 0 Å². The topological polar surface area (TPSA) is 143 Å². The van der Waals surface area contributed by atoms with Crippen molar-refractivity contribution in [3.63, 3.8) is 0 Å². The molecule has 12 nitrogen and oxygen atoms in total. The first-order valence-electron chi connectivity index (χ1n) is 20.0. The Kier molecular flexibility index (Phi) is 10.9. The summed E-state index contributed by atoms with van der Waals surface area (Å²) in [6.45, 7) is 5.25. The molecule has 4 heterocycles.